The highest BCUT2D eigenvalue weighted by Crippen LogP contribution is 2.09. The van der Waals surface area contributed by atoms with Crippen LogP contribution in [0.25, 0.3) is 0 Å². The predicted molar refractivity (Wildman–Crippen MR) is 34.6 cm³/mol. The maximum absolute atomic E-state index is 5.66. The maximum atomic E-state index is 5.66. The molecule has 3 N–H and O–H groups in total. The smallest absolute Gasteiger partial charge is 0.00513 e. The molecule has 1 aliphatic heterocycles. The van der Waals surface area contributed by atoms with Crippen LogP contribution in [-0.2, 0) is 0 Å². The first kappa shape index (κ1) is 6.05. The molecule has 1 saturated heterocycles. The van der Waals surface area contributed by atoms with Gasteiger partial charge in [-0.2, -0.15) is 0 Å². The summed E-state index contributed by atoms with van der Waals surface area (Å²) in [5, 5.41) is 3.27. The molecule has 2 atom stereocenters. The van der Waals surface area contributed by atoms with Crippen molar-refractivity contribution in [3.05, 3.63) is 0 Å². The highest BCUT2D eigenvalue weighted by Gasteiger charge is 2.17. The Labute approximate surface area is 50.4 Å². The zero-order chi connectivity index (χ0) is 5.98. The normalized spacial score (nSPS) is 33.0. The summed E-state index contributed by atoms with van der Waals surface area (Å²) in [6.45, 7) is 4.36. The summed E-state index contributed by atoms with van der Waals surface area (Å²) >= 11 is 0. The lowest BCUT2D eigenvalue weighted by atomic mass is 10.0. The fourth-order valence-corrected chi connectivity index (χ4v) is 1.13. The van der Waals surface area contributed by atoms with E-state index in [2.05, 4.69) is 12.2 Å². The molecule has 0 aliphatic carbocycles. The Bertz CT molecular complexity index is 64.9. The lowest BCUT2D eigenvalue weighted by Gasteiger charge is -2.10. The largest absolute Gasteiger partial charge is 0.328 e. The van der Waals surface area contributed by atoms with Crippen LogP contribution in [0.4, 0.5) is 0 Å². The van der Waals surface area contributed by atoms with Crippen LogP contribution in [0.2, 0.25) is 0 Å². The third-order valence-electron chi connectivity index (χ3n) is 1.84. The zero-order valence-corrected chi connectivity index (χ0v) is 5.35. The summed E-state index contributed by atoms with van der Waals surface area (Å²) < 4.78 is 0. The molecule has 0 bridgehead atoms. The molecule has 0 aromatic rings. The van der Waals surface area contributed by atoms with Crippen LogP contribution in [0.5, 0.6) is 0 Å². The summed E-state index contributed by atoms with van der Waals surface area (Å²) in [6.07, 6.45) is 1.26. The van der Waals surface area contributed by atoms with Gasteiger partial charge in [0.1, 0.15) is 0 Å². The molecule has 1 unspecified atom stereocenters. The molecule has 0 amide bonds. The van der Waals surface area contributed by atoms with E-state index >= 15 is 0 Å². The van der Waals surface area contributed by atoms with Crippen LogP contribution in [0.3, 0.4) is 0 Å². The minimum absolute atomic E-state index is 0.380. The predicted octanol–water partition coefficient (Wildman–Crippen LogP) is -0.0569. The number of hydrogen-bond acceptors (Lipinski definition) is 2. The monoisotopic (exact) mass is 114 g/mol. The van der Waals surface area contributed by atoms with Crippen molar-refractivity contribution < 1.29 is 0 Å². The van der Waals surface area contributed by atoms with Gasteiger partial charge in [0.05, 0.1) is 0 Å². The molecule has 2 heteroatoms. The minimum atomic E-state index is 0.380. The summed E-state index contributed by atoms with van der Waals surface area (Å²) in [5.41, 5.74) is 5.66. The van der Waals surface area contributed by atoms with Crippen molar-refractivity contribution in [2.75, 3.05) is 13.1 Å². The molecule has 1 heterocycles. The molecule has 0 aromatic carbocycles. The summed E-state index contributed by atoms with van der Waals surface area (Å²) in [5.74, 6) is 0.731. The van der Waals surface area contributed by atoms with Crippen LogP contribution < -0.4 is 11.1 Å². The van der Waals surface area contributed by atoms with Gasteiger partial charge in [0.2, 0.25) is 0 Å². The molecule has 1 fully saturated rings. The van der Waals surface area contributed by atoms with E-state index in [0.717, 1.165) is 19.0 Å². The summed E-state index contributed by atoms with van der Waals surface area (Å²) in [6, 6.07) is 0.380. The average molecular weight is 114 g/mol. The van der Waals surface area contributed by atoms with Crippen molar-refractivity contribution in [1.29, 1.82) is 0 Å². The van der Waals surface area contributed by atoms with Gasteiger partial charge in [0.15, 0.2) is 0 Å². The van der Waals surface area contributed by atoms with Crippen LogP contribution in [0.1, 0.15) is 13.3 Å². The van der Waals surface area contributed by atoms with Crippen LogP contribution in [-0.4, -0.2) is 19.1 Å². The van der Waals surface area contributed by atoms with Crippen LogP contribution in [0.15, 0.2) is 0 Å². The van der Waals surface area contributed by atoms with Gasteiger partial charge in [0, 0.05) is 6.04 Å². The average Bonchev–Trinajstić information content (AvgIpc) is 2.12. The quantitative estimate of drug-likeness (QED) is 0.501. The molecule has 48 valence electrons. The summed E-state index contributed by atoms with van der Waals surface area (Å²) in [4.78, 5) is 0. The van der Waals surface area contributed by atoms with Gasteiger partial charge < -0.3 is 11.1 Å². The van der Waals surface area contributed by atoms with E-state index in [9.17, 15) is 0 Å². The first-order valence-electron chi connectivity index (χ1n) is 3.27. The lowest BCUT2D eigenvalue weighted by molar-refractivity contribution is 0.484. The Morgan fingerprint density at radius 2 is 2.50 bits per heavy atom. The Hall–Kier alpha value is -0.0800. The van der Waals surface area contributed by atoms with E-state index in [1.165, 1.54) is 6.42 Å². The molecule has 2 nitrogen and oxygen atoms in total. The first-order valence-corrected chi connectivity index (χ1v) is 3.27. The first-order chi connectivity index (χ1) is 3.80. The van der Waals surface area contributed by atoms with E-state index in [1.54, 1.807) is 0 Å². The van der Waals surface area contributed by atoms with Crippen molar-refractivity contribution in [1.82, 2.24) is 5.32 Å². The highest BCUT2D eigenvalue weighted by molar-refractivity contribution is 4.77. The molecule has 0 spiro atoms. The Morgan fingerprint density at radius 3 is 2.75 bits per heavy atom. The van der Waals surface area contributed by atoms with Crippen molar-refractivity contribution >= 4 is 0 Å². The SMILES string of the molecule is C[C@H](N)C1CCNC1. The summed E-state index contributed by atoms with van der Waals surface area (Å²) in [7, 11) is 0. The van der Waals surface area contributed by atoms with Gasteiger partial charge in [-0.3, -0.25) is 0 Å². The second kappa shape index (κ2) is 2.46. The molecule has 0 radical (unpaired) electrons. The fraction of sp³-hybridized carbons (Fsp3) is 1.00. The van der Waals surface area contributed by atoms with E-state index in [0.29, 0.717) is 6.04 Å². The second-order valence-corrected chi connectivity index (χ2v) is 2.61. The Kier molecular flexibility index (Phi) is 1.86. The Morgan fingerprint density at radius 1 is 1.75 bits per heavy atom. The van der Waals surface area contributed by atoms with Gasteiger partial charge in [-0.1, -0.05) is 0 Å². The standard InChI is InChI=1S/C6H14N2/c1-5(7)6-2-3-8-4-6/h5-6,8H,2-4,7H2,1H3/t5-,6?/m0/s1. The van der Waals surface area contributed by atoms with Crippen molar-refractivity contribution in [2.45, 2.75) is 19.4 Å². The molecule has 1 aliphatic rings. The van der Waals surface area contributed by atoms with Gasteiger partial charge >= 0.3 is 0 Å². The second-order valence-electron chi connectivity index (χ2n) is 2.61. The van der Waals surface area contributed by atoms with Gasteiger partial charge in [-0.25, -0.2) is 0 Å². The lowest BCUT2D eigenvalue weighted by Crippen LogP contribution is -2.27. The van der Waals surface area contributed by atoms with E-state index in [1.807, 2.05) is 0 Å². The number of rotatable bonds is 1. The Balaban J connectivity index is 2.24. The minimum Gasteiger partial charge on any atom is -0.328 e. The topological polar surface area (TPSA) is 38.0 Å². The molecule has 8 heavy (non-hydrogen) atoms. The molecule has 1 rings (SSSR count). The molecular weight excluding hydrogens is 100 g/mol. The van der Waals surface area contributed by atoms with Gasteiger partial charge in [-0.15, -0.1) is 0 Å². The van der Waals surface area contributed by atoms with Crippen molar-refractivity contribution in [3.63, 3.8) is 0 Å². The number of nitrogens with two attached hydrogens (primary N) is 1. The number of hydrogen-bond donors (Lipinski definition) is 2. The third kappa shape index (κ3) is 1.20. The highest BCUT2D eigenvalue weighted by atomic mass is 14.9. The van der Waals surface area contributed by atoms with Crippen LogP contribution >= 0.6 is 0 Å². The van der Waals surface area contributed by atoms with E-state index < -0.39 is 0 Å². The molecular formula is C6H14N2. The molecule has 0 saturated carbocycles. The van der Waals surface area contributed by atoms with Gasteiger partial charge in [0.25, 0.3) is 0 Å². The number of nitrogens with one attached hydrogen (secondary N) is 1. The van der Waals surface area contributed by atoms with Crippen molar-refractivity contribution in [2.24, 2.45) is 11.7 Å². The van der Waals surface area contributed by atoms with Gasteiger partial charge in [-0.05, 0) is 32.4 Å². The van der Waals surface area contributed by atoms with E-state index in [-0.39, 0.29) is 0 Å². The third-order valence-corrected chi connectivity index (χ3v) is 1.84. The maximum Gasteiger partial charge on any atom is 0.00513 e. The zero-order valence-electron chi connectivity index (χ0n) is 5.35. The molecule has 0 aromatic heterocycles. The van der Waals surface area contributed by atoms with Crippen molar-refractivity contribution in [3.8, 4) is 0 Å². The van der Waals surface area contributed by atoms with E-state index in [4.69, 9.17) is 5.73 Å². The fourth-order valence-electron chi connectivity index (χ4n) is 1.13. The van der Waals surface area contributed by atoms with Crippen LogP contribution in [0, 0.1) is 5.92 Å².